The van der Waals surface area contributed by atoms with E-state index in [1.165, 1.54) is 0 Å². The highest BCUT2D eigenvalue weighted by Gasteiger charge is 2.17. The summed E-state index contributed by atoms with van der Waals surface area (Å²) in [6, 6.07) is -0.776. The van der Waals surface area contributed by atoms with Gasteiger partial charge in [0.15, 0.2) is 0 Å². The van der Waals surface area contributed by atoms with Crippen LogP contribution >= 0.6 is 0 Å². The number of nitrogens with zero attached hydrogens (tertiary/aromatic N) is 1. The molecule has 0 aromatic rings. The minimum absolute atomic E-state index is 0.460. The Balaban J connectivity index is 2.19. The molecule has 0 aliphatic carbocycles. The Bertz CT molecular complexity index is 225. The summed E-state index contributed by atoms with van der Waals surface area (Å²) < 4.78 is 11.0. The van der Waals surface area contributed by atoms with Crippen LogP contribution in [-0.2, 0) is 15.6 Å². The number of nitrogens with two attached hydrogens (primary N) is 1. The van der Waals surface area contributed by atoms with Crippen LogP contribution in [0.15, 0.2) is 0 Å². The quantitative estimate of drug-likeness (QED) is 0.625. The van der Waals surface area contributed by atoms with Crippen molar-refractivity contribution in [1.82, 2.24) is 4.90 Å². The van der Waals surface area contributed by atoms with E-state index in [-0.39, 0.29) is 0 Å². The molecule has 1 fully saturated rings. The van der Waals surface area contributed by atoms with Crippen molar-refractivity contribution >= 4 is 16.8 Å². The Morgan fingerprint density at radius 2 is 2.07 bits per heavy atom. The molecule has 0 aromatic heterocycles. The predicted octanol–water partition coefficient (Wildman–Crippen LogP) is -1.15. The first-order valence-electron chi connectivity index (χ1n) is 4.65. The van der Waals surface area contributed by atoms with Gasteiger partial charge in [0.1, 0.15) is 6.04 Å². The van der Waals surface area contributed by atoms with Gasteiger partial charge in [-0.3, -0.25) is 9.00 Å². The summed E-state index contributed by atoms with van der Waals surface area (Å²) in [6.45, 7) is 2.27. The molecule has 0 saturated carbocycles. The Kier molecular flexibility index (Phi) is 4.50. The van der Waals surface area contributed by atoms with E-state index in [0.29, 0.717) is 24.5 Å². The van der Waals surface area contributed by atoms with Gasteiger partial charge < -0.3 is 15.7 Å². The molecule has 6 heteroatoms. The molecule has 14 heavy (non-hydrogen) atoms. The second-order valence-corrected chi connectivity index (χ2v) is 5.12. The van der Waals surface area contributed by atoms with Gasteiger partial charge in [-0.1, -0.05) is 0 Å². The van der Waals surface area contributed by atoms with Crippen LogP contribution in [0.2, 0.25) is 0 Å². The summed E-state index contributed by atoms with van der Waals surface area (Å²) in [5.41, 5.74) is 5.37. The van der Waals surface area contributed by atoms with Gasteiger partial charge in [0.2, 0.25) is 0 Å². The summed E-state index contributed by atoms with van der Waals surface area (Å²) in [7, 11) is -0.673. The molecule has 5 nitrogen and oxygen atoms in total. The third kappa shape index (κ3) is 3.73. The maximum Gasteiger partial charge on any atom is 0.320 e. The van der Waals surface area contributed by atoms with Gasteiger partial charge in [-0.15, -0.1) is 0 Å². The van der Waals surface area contributed by atoms with E-state index in [2.05, 4.69) is 4.90 Å². The molecule has 0 amide bonds. The van der Waals surface area contributed by atoms with Crippen molar-refractivity contribution in [3.8, 4) is 0 Å². The third-order valence-corrected chi connectivity index (χ3v) is 3.62. The van der Waals surface area contributed by atoms with Crippen LogP contribution in [0, 0.1) is 0 Å². The monoisotopic (exact) mass is 220 g/mol. The van der Waals surface area contributed by atoms with Crippen LogP contribution in [0.4, 0.5) is 0 Å². The van der Waals surface area contributed by atoms with Crippen LogP contribution in [-0.4, -0.2) is 57.4 Å². The molecule has 1 aliphatic rings. The summed E-state index contributed by atoms with van der Waals surface area (Å²) in [5.74, 6) is 0.440. The van der Waals surface area contributed by atoms with E-state index < -0.39 is 22.8 Å². The standard InChI is InChI=1S/C8H16N2O3S/c9-7(8(11)12)1-2-10-3-5-14(13)6-4-10/h7H,1-6,9H2,(H,11,12). The maximum absolute atomic E-state index is 11.0. The minimum atomic E-state index is -0.953. The van der Waals surface area contributed by atoms with E-state index in [1.807, 2.05) is 0 Å². The van der Waals surface area contributed by atoms with E-state index >= 15 is 0 Å². The van der Waals surface area contributed by atoms with Crippen molar-refractivity contribution < 1.29 is 14.1 Å². The smallest absolute Gasteiger partial charge is 0.320 e. The minimum Gasteiger partial charge on any atom is -0.480 e. The van der Waals surface area contributed by atoms with Gasteiger partial charge in [-0.05, 0) is 6.42 Å². The van der Waals surface area contributed by atoms with E-state index in [0.717, 1.165) is 13.1 Å². The molecule has 0 aromatic carbocycles. The van der Waals surface area contributed by atoms with E-state index in [4.69, 9.17) is 10.8 Å². The third-order valence-electron chi connectivity index (χ3n) is 2.34. The van der Waals surface area contributed by atoms with Gasteiger partial charge in [-0.25, -0.2) is 0 Å². The second-order valence-electron chi connectivity index (χ2n) is 3.42. The second kappa shape index (κ2) is 5.43. The number of hydrogen-bond donors (Lipinski definition) is 2. The summed E-state index contributed by atoms with van der Waals surface area (Å²) in [6.07, 6.45) is 0.460. The number of hydrogen-bond acceptors (Lipinski definition) is 4. The largest absolute Gasteiger partial charge is 0.480 e. The zero-order valence-corrected chi connectivity index (χ0v) is 8.83. The first kappa shape index (κ1) is 11.6. The summed E-state index contributed by atoms with van der Waals surface area (Å²) in [5, 5.41) is 8.56. The average molecular weight is 220 g/mol. The van der Waals surface area contributed by atoms with Crippen LogP contribution in [0.5, 0.6) is 0 Å². The van der Waals surface area contributed by atoms with Crippen molar-refractivity contribution in [1.29, 1.82) is 0 Å². The van der Waals surface area contributed by atoms with Crippen molar-refractivity contribution in [3.05, 3.63) is 0 Å². The molecular weight excluding hydrogens is 204 g/mol. The zero-order chi connectivity index (χ0) is 10.6. The predicted molar refractivity (Wildman–Crippen MR) is 54.5 cm³/mol. The lowest BCUT2D eigenvalue weighted by atomic mass is 10.2. The molecule has 82 valence electrons. The molecule has 1 unspecified atom stereocenters. The number of carbonyl (C=O) groups is 1. The zero-order valence-electron chi connectivity index (χ0n) is 8.02. The first-order valence-corrected chi connectivity index (χ1v) is 6.14. The topological polar surface area (TPSA) is 83.6 Å². The molecule has 0 radical (unpaired) electrons. The maximum atomic E-state index is 11.0. The number of rotatable bonds is 4. The lowest BCUT2D eigenvalue weighted by molar-refractivity contribution is -0.138. The van der Waals surface area contributed by atoms with Crippen LogP contribution in [0.25, 0.3) is 0 Å². The van der Waals surface area contributed by atoms with Crippen molar-refractivity contribution in [2.75, 3.05) is 31.1 Å². The normalized spacial score (nSPS) is 22.1. The van der Waals surface area contributed by atoms with E-state index in [1.54, 1.807) is 0 Å². The van der Waals surface area contributed by atoms with Crippen LogP contribution in [0.3, 0.4) is 0 Å². The highest BCUT2D eigenvalue weighted by molar-refractivity contribution is 7.85. The van der Waals surface area contributed by atoms with Crippen molar-refractivity contribution in [2.24, 2.45) is 5.73 Å². The Labute approximate surface area is 85.7 Å². The molecule has 1 saturated heterocycles. The number of carboxylic acid groups (broad SMARTS) is 1. The Hall–Kier alpha value is -0.460. The van der Waals surface area contributed by atoms with Crippen molar-refractivity contribution in [3.63, 3.8) is 0 Å². The number of aliphatic carboxylic acids is 1. The fourth-order valence-electron chi connectivity index (χ4n) is 1.34. The molecule has 1 aliphatic heterocycles. The van der Waals surface area contributed by atoms with Crippen LogP contribution in [0.1, 0.15) is 6.42 Å². The lowest BCUT2D eigenvalue weighted by Gasteiger charge is -2.26. The van der Waals surface area contributed by atoms with Gasteiger partial charge in [0.05, 0.1) is 0 Å². The fourth-order valence-corrected chi connectivity index (χ4v) is 2.47. The van der Waals surface area contributed by atoms with Gasteiger partial charge >= 0.3 is 5.97 Å². The van der Waals surface area contributed by atoms with Crippen molar-refractivity contribution in [2.45, 2.75) is 12.5 Å². The molecule has 1 heterocycles. The van der Waals surface area contributed by atoms with E-state index in [9.17, 15) is 9.00 Å². The highest BCUT2D eigenvalue weighted by atomic mass is 32.2. The Morgan fingerprint density at radius 3 is 2.57 bits per heavy atom. The Morgan fingerprint density at radius 1 is 1.50 bits per heavy atom. The first-order chi connectivity index (χ1) is 6.59. The average Bonchev–Trinajstić information content (AvgIpc) is 2.16. The van der Waals surface area contributed by atoms with Gasteiger partial charge in [-0.2, -0.15) is 0 Å². The van der Waals surface area contributed by atoms with Gasteiger partial charge in [0.25, 0.3) is 0 Å². The molecule has 0 bridgehead atoms. The summed E-state index contributed by atoms with van der Waals surface area (Å²) >= 11 is 0. The SMILES string of the molecule is NC(CCN1CCS(=O)CC1)C(=O)O. The molecule has 1 rings (SSSR count). The molecular formula is C8H16N2O3S. The number of carboxylic acids is 1. The highest BCUT2D eigenvalue weighted by Crippen LogP contribution is 2.01. The molecule has 0 spiro atoms. The van der Waals surface area contributed by atoms with Gasteiger partial charge in [0, 0.05) is 41.9 Å². The molecule has 3 N–H and O–H groups in total. The summed E-state index contributed by atoms with van der Waals surface area (Å²) in [4.78, 5) is 12.5. The van der Waals surface area contributed by atoms with Crippen LogP contribution < -0.4 is 5.73 Å². The molecule has 1 atom stereocenters. The lowest BCUT2D eigenvalue weighted by Crippen LogP contribution is -2.41. The fraction of sp³-hybridized carbons (Fsp3) is 0.875.